The van der Waals surface area contributed by atoms with Crippen molar-refractivity contribution in [1.29, 1.82) is 0 Å². The van der Waals surface area contributed by atoms with E-state index in [4.69, 9.17) is 4.74 Å². The predicted molar refractivity (Wildman–Crippen MR) is 43.9 cm³/mol. The highest BCUT2D eigenvalue weighted by Crippen LogP contribution is 1.91. The van der Waals surface area contributed by atoms with E-state index in [1.165, 1.54) is 0 Å². The van der Waals surface area contributed by atoms with E-state index in [1.807, 2.05) is 0 Å². The third-order valence-electron chi connectivity index (χ3n) is 1.48. The Balaban J connectivity index is 0.000001000. The Morgan fingerprint density at radius 3 is 2.91 bits per heavy atom. The first-order valence-electron chi connectivity index (χ1n) is 3.37. The Kier molecular flexibility index (Phi) is 5.19. The molecule has 11 heavy (non-hydrogen) atoms. The van der Waals surface area contributed by atoms with Crippen molar-refractivity contribution in [2.24, 2.45) is 0 Å². The molecule has 0 bridgehead atoms. The monoisotopic (exact) mass is 180 g/mol. The smallest absolute Gasteiger partial charge is 0.239 e. The van der Waals surface area contributed by atoms with Crippen LogP contribution in [0.5, 0.6) is 0 Å². The maximum atomic E-state index is 10.9. The van der Waals surface area contributed by atoms with Gasteiger partial charge < -0.3 is 15.4 Å². The van der Waals surface area contributed by atoms with Gasteiger partial charge in [0.05, 0.1) is 13.2 Å². The van der Waals surface area contributed by atoms with E-state index in [2.05, 4.69) is 10.6 Å². The van der Waals surface area contributed by atoms with Gasteiger partial charge in [0.25, 0.3) is 0 Å². The molecule has 1 aliphatic heterocycles. The first-order chi connectivity index (χ1) is 4.84. The fourth-order valence-electron chi connectivity index (χ4n) is 0.908. The molecule has 1 atom stereocenters. The lowest BCUT2D eigenvalue weighted by Gasteiger charge is -2.21. The van der Waals surface area contributed by atoms with Crippen LogP contribution in [0.25, 0.3) is 0 Å². The van der Waals surface area contributed by atoms with Crippen molar-refractivity contribution in [3.8, 4) is 0 Å². The van der Waals surface area contributed by atoms with Crippen molar-refractivity contribution in [2.75, 3.05) is 26.8 Å². The molecule has 0 saturated carbocycles. The fraction of sp³-hybridized carbons (Fsp3) is 0.833. The average Bonchev–Trinajstić information content (AvgIpc) is 2.05. The van der Waals surface area contributed by atoms with Crippen molar-refractivity contribution in [3.63, 3.8) is 0 Å². The van der Waals surface area contributed by atoms with Crippen LogP contribution in [0.15, 0.2) is 0 Å². The van der Waals surface area contributed by atoms with Gasteiger partial charge in [0.15, 0.2) is 0 Å². The number of likely N-dealkylation sites (N-methyl/N-ethyl adjacent to an activating group) is 1. The molecule has 0 spiro atoms. The van der Waals surface area contributed by atoms with E-state index in [0.29, 0.717) is 13.2 Å². The summed E-state index contributed by atoms with van der Waals surface area (Å²) >= 11 is 0. The highest BCUT2D eigenvalue weighted by molar-refractivity contribution is 5.85. The zero-order valence-corrected chi connectivity index (χ0v) is 7.24. The molecule has 2 N–H and O–H groups in total. The number of amides is 1. The molecule has 0 aliphatic carbocycles. The zero-order valence-electron chi connectivity index (χ0n) is 6.42. The second kappa shape index (κ2) is 5.35. The standard InChI is InChI=1S/C6H12N2O2.ClH/c1-7-6(9)5-4-10-3-2-8-5;/h5,8H,2-4H2,1H3,(H,7,9);1H. The Labute approximate surface area is 72.1 Å². The molecular formula is C6H13ClN2O2. The lowest BCUT2D eigenvalue weighted by Crippen LogP contribution is -2.50. The summed E-state index contributed by atoms with van der Waals surface area (Å²) in [5, 5.41) is 5.59. The topological polar surface area (TPSA) is 50.4 Å². The first kappa shape index (κ1) is 10.7. The molecular weight excluding hydrogens is 168 g/mol. The summed E-state index contributed by atoms with van der Waals surface area (Å²) in [6.07, 6.45) is 0. The van der Waals surface area contributed by atoms with E-state index in [1.54, 1.807) is 7.05 Å². The van der Waals surface area contributed by atoms with Gasteiger partial charge in [-0.25, -0.2) is 0 Å². The van der Waals surface area contributed by atoms with Gasteiger partial charge in [0.2, 0.25) is 5.91 Å². The summed E-state index contributed by atoms with van der Waals surface area (Å²) < 4.78 is 5.08. The molecule has 0 aromatic heterocycles. The summed E-state index contributed by atoms with van der Waals surface area (Å²) in [6, 6.07) is -0.154. The van der Waals surface area contributed by atoms with E-state index < -0.39 is 0 Å². The van der Waals surface area contributed by atoms with E-state index in [0.717, 1.165) is 6.54 Å². The lowest BCUT2D eigenvalue weighted by molar-refractivity contribution is -0.125. The largest absolute Gasteiger partial charge is 0.378 e. The number of carbonyl (C=O) groups excluding carboxylic acids is 1. The summed E-state index contributed by atoms with van der Waals surface area (Å²) in [5.74, 6) is -0.000278. The molecule has 0 aromatic rings. The van der Waals surface area contributed by atoms with Gasteiger partial charge >= 0.3 is 0 Å². The van der Waals surface area contributed by atoms with Crippen molar-refractivity contribution < 1.29 is 9.53 Å². The SMILES string of the molecule is CNC(=O)C1COCCN1.Cl. The van der Waals surface area contributed by atoms with Crippen molar-refractivity contribution in [3.05, 3.63) is 0 Å². The Morgan fingerprint density at radius 1 is 1.73 bits per heavy atom. The van der Waals surface area contributed by atoms with Crippen molar-refractivity contribution in [1.82, 2.24) is 10.6 Å². The molecule has 5 heteroatoms. The molecule has 4 nitrogen and oxygen atoms in total. The van der Waals surface area contributed by atoms with Gasteiger partial charge in [-0.2, -0.15) is 0 Å². The third-order valence-corrected chi connectivity index (χ3v) is 1.48. The van der Waals surface area contributed by atoms with Crippen LogP contribution < -0.4 is 10.6 Å². The van der Waals surface area contributed by atoms with E-state index >= 15 is 0 Å². The summed E-state index contributed by atoms with van der Waals surface area (Å²) in [7, 11) is 1.62. The lowest BCUT2D eigenvalue weighted by atomic mass is 10.2. The van der Waals surface area contributed by atoms with Crippen LogP contribution in [0, 0.1) is 0 Å². The van der Waals surface area contributed by atoms with Crippen LogP contribution in [-0.4, -0.2) is 38.8 Å². The minimum Gasteiger partial charge on any atom is -0.378 e. The number of hydrogen-bond acceptors (Lipinski definition) is 3. The zero-order chi connectivity index (χ0) is 7.40. The second-order valence-electron chi connectivity index (χ2n) is 2.20. The number of ether oxygens (including phenoxy) is 1. The fourth-order valence-corrected chi connectivity index (χ4v) is 0.908. The first-order valence-corrected chi connectivity index (χ1v) is 3.37. The molecule has 1 aliphatic rings. The van der Waals surface area contributed by atoms with Gasteiger partial charge in [-0.05, 0) is 0 Å². The summed E-state index contributed by atoms with van der Waals surface area (Å²) in [4.78, 5) is 10.9. The Hall–Kier alpha value is -0.320. The van der Waals surface area contributed by atoms with Crippen molar-refractivity contribution >= 4 is 18.3 Å². The van der Waals surface area contributed by atoms with Gasteiger partial charge in [-0.3, -0.25) is 4.79 Å². The maximum Gasteiger partial charge on any atom is 0.239 e. The number of nitrogens with one attached hydrogen (secondary N) is 2. The molecule has 1 heterocycles. The maximum absolute atomic E-state index is 10.9. The summed E-state index contributed by atoms with van der Waals surface area (Å²) in [6.45, 7) is 1.95. The number of rotatable bonds is 1. The molecule has 0 radical (unpaired) electrons. The highest BCUT2D eigenvalue weighted by Gasteiger charge is 2.18. The second-order valence-corrected chi connectivity index (χ2v) is 2.20. The number of carbonyl (C=O) groups is 1. The van der Waals surface area contributed by atoms with Crippen LogP contribution >= 0.6 is 12.4 Å². The Morgan fingerprint density at radius 2 is 2.45 bits per heavy atom. The third kappa shape index (κ3) is 3.05. The van der Waals surface area contributed by atoms with Crippen LogP contribution in [0.4, 0.5) is 0 Å². The number of halogens is 1. The number of hydrogen-bond donors (Lipinski definition) is 2. The molecule has 1 saturated heterocycles. The van der Waals surface area contributed by atoms with Crippen LogP contribution in [0.3, 0.4) is 0 Å². The average molecular weight is 181 g/mol. The highest BCUT2D eigenvalue weighted by atomic mass is 35.5. The van der Waals surface area contributed by atoms with Crippen LogP contribution in [0.2, 0.25) is 0 Å². The Bertz CT molecular complexity index is 126. The van der Waals surface area contributed by atoms with Crippen LogP contribution in [-0.2, 0) is 9.53 Å². The molecule has 1 fully saturated rings. The van der Waals surface area contributed by atoms with Crippen molar-refractivity contribution in [2.45, 2.75) is 6.04 Å². The minimum absolute atomic E-state index is 0. The predicted octanol–water partition coefficient (Wildman–Crippen LogP) is -0.857. The van der Waals surface area contributed by atoms with Gasteiger partial charge in [-0.1, -0.05) is 0 Å². The van der Waals surface area contributed by atoms with Gasteiger partial charge in [0.1, 0.15) is 6.04 Å². The van der Waals surface area contributed by atoms with E-state index in [-0.39, 0.29) is 24.4 Å². The molecule has 66 valence electrons. The molecule has 1 amide bonds. The van der Waals surface area contributed by atoms with Crippen LogP contribution in [0.1, 0.15) is 0 Å². The molecule has 1 rings (SSSR count). The molecule has 0 aromatic carbocycles. The van der Waals surface area contributed by atoms with E-state index in [9.17, 15) is 4.79 Å². The summed E-state index contributed by atoms with van der Waals surface area (Å²) in [5.41, 5.74) is 0. The number of morpholine rings is 1. The molecule has 1 unspecified atom stereocenters. The van der Waals surface area contributed by atoms with Gasteiger partial charge in [0, 0.05) is 13.6 Å². The quantitative estimate of drug-likeness (QED) is 0.553. The minimum atomic E-state index is -0.154. The van der Waals surface area contributed by atoms with Gasteiger partial charge in [-0.15, -0.1) is 12.4 Å². The normalized spacial score (nSPS) is 23.5.